The molecule has 0 spiro atoms. The molecule has 0 aromatic rings. The molecule has 2 aliphatic rings. The van der Waals surface area contributed by atoms with E-state index in [2.05, 4.69) is 16.0 Å². The zero-order chi connectivity index (χ0) is 35.3. The number of aliphatic hydroxyl groups excluding tert-OH is 2. The maximum atomic E-state index is 13.8. The van der Waals surface area contributed by atoms with E-state index in [0.717, 1.165) is 6.08 Å². The molecular formula is C34H52N4O9. The molecule has 47 heavy (non-hydrogen) atoms. The van der Waals surface area contributed by atoms with Crippen molar-refractivity contribution in [3.05, 3.63) is 58.5 Å². The van der Waals surface area contributed by atoms with Gasteiger partial charge in [-0.25, -0.2) is 4.79 Å². The number of allylic oxidation sites excluding steroid dienone is 4. The highest BCUT2D eigenvalue weighted by atomic mass is 16.6. The summed E-state index contributed by atoms with van der Waals surface area (Å²) >= 11 is 0. The van der Waals surface area contributed by atoms with Gasteiger partial charge in [0.05, 0.1) is 30.2 Å². The second-order valence-electron chi connectivity index (χ2n) is 12.3. The number of amides is 2. The first-order valence-corrected chi connectivity index (χ1v) is 15.8. The molecule has 6 atom stereocenters. The first kappa shape index (κ1) is 39.6. The maximum absolute atomic E-state index is 13.8. The summed E-state index contributed by atoms with van der Waals surface area (Å²) in [5, 5.41) is 28.7. The van der Waals surface area contributed by atoms with E-state index in [9.17, 15) is 24.3 Å². The summed E-state index contributed by atoms with van der Waals surface area (Å²) in [6.07, 6.45) is 4.05. The monoisotopic (exact) mass is 660 g/mol. The Morgan fingerprint density at radius 3 is 2.43 bits per heavy atom. The minimum atomic E-state index is -0.976. The summed E-state index contributed by atoms with van der Waals surface area (Å²) in [4.78, 5) is 54.6. The predicted molar refractivity (Wildman–Crippen MR) is 177 cm³/mol. The first-order chi connectivity index (χ1) is 22.2. The first-order valence-electron chi connectivity index (χ1n) is 15.8. The third kappa shape index (κ3) is 11.8. The molecule has 0 aromatic heterocycles. The number of hydrogen-bond acceptors (Lipinski definition) is 11. The third-order valence-electron chi connectivity index (χ3n) is 8.03. The van der Waals surface area contributed by atoms with Crippen molar-refractivity contribution in [2.45, 2.75) is 65.0 Å². The minimum absolute atomic E-state index is 0.00323. The zero-order valence-electron chi connectivity index (χ0n) is 28.8. The van der Waals surface area contributed by atoms with E-state index in [4.69, 9.17) is 19.3 Å². The van der Waals surface area contributed by atoms with Crippen LogP contribution >= 0.6 is 0 Å². The third-order valence-corrected chi connectivity index (χ3v) is 8.03. The van der Waals surface area contributed by atoms with Gasteiger partial charge >= 0.3 is 6.09 Å². The van der Waals surface area contributed by atoms with Crippen LogP contribution in [0.3, 0.4) is 0 Å². The minimum Gasteiger partial charge on any atom is -0.439 e. The molecular weight excluding hydrogens is 608 g/mol. The van der Waals surface area contributed by atoms with E-state index in [1.165, 1.54) is 20.3 Å². The molecule has 1 aliphatic carbocycles. The van der Waals surface area contributed by atoms with Gasteiger partial charge in [-0.3, -0.25) is 14.4 Å². The maximum Gasteiger partial charge on any atom is 0.407 e. The van der Waals surface area contributed by atoms with Crippen molar-refractivity contribution in [3.8, 4) is 0 Å². The van der Waals surface area contributed by atoms with Gasteiger partial charge in [0.25, 0.3) is 5.91 Å². The van der Waals surface area contributed by atoms with Gasteiger partial charge in [-0.2, -0.15) is 0 Å². The number of likely N-dealkylation sites (N-methyl/N-ethyl adjacent to an activating group) is 1. The molecule has 2 bridgehead atoms. The van der Waals surface area contributed by atoms with Crippen molar-refractivity contribution >= 4 is 23.6 Å². The summed E-state index contributed by atoms with van der Waals surface area (Å²) in [6.45, 7) is 7.82. The number of Topliss-reactive ketones (excluding diaryl/α,β-unsaturated/α-hetero) is 1. The molecule has 13 nitrogen and oxygen atoms in total. The SMILES string of the molecule is CO[C@H]1/C=C\C=C(/C)C(=O)NC2=CC(=O)C(NCCN(C)C)=C(C[C@@H](C)C[C@H](OC)[C@H](O)[C@@H](C)/C=C(\C)[C@@H]1OC(=O)NCCO)C2=O. The number of aliphatic hydroxyl groups is 2. The van der Waals surface area contributed by atoms with Crippen LogP contribution in [0.15, 0.2) is 58.5 Å². The zero-order valence-corrected chi connectivity index (χ0v) is 28.8. The molecule has 2 amide bonds. The average Bonchev–Trinajstić information content (AvgIpc) is 3.02. The Kier molecular flexibility index (Phi) is 16.2. The van der Waals surface area contributed by atoms with Gasteiger partial charge in [0.15, 0.2) is 6.10 Å². The number of hydrogen-bond donors (Lipinski definition) is 5. The Bertz CT molecular complexity index is 1280. The molecule has 0 saturated carbocycles. The number of fused-ring (bicyclic) bond motifs is 2. The summed E-state index contributed by atoms with van der Waals surface area (Å²) in [5.41, 5.74) is 1.17. The molecule has 13 heteroatoms. The molecule has 5 N–H and O–H groups in total. The largest absolute Gasteiger partial charge is 0.439 e. The highest BCUT2D eigenvalue weighted by molar-refractivity contribution is 6.23. The number of carbonyl (C=O) groups excluding carboxylic acids is 4. The van der Waals surface area contributed by atoms with Crippen LogP contribution in [-0.4, -0.2) is 118 Å². The van der Waals surface area contributed by atoms with Gasteiger partial charge in [0, 0.05) is 57.0 Å². The summed E-state index contributed by atoms with van der Waals surface area (Å²) < 4.78 is 17.0. The molecule has 2 rings (SSSR count). The average molecular weight is 661 g/mol. The van der Waals surface area contributed by atoms with E-state index >= 15 is 0 Å². The van der Waals surface area contributed by atoms with Gasteiger partial charge in [0.2, 0.25) is 11.6 Å². The van der Waals surface area contributed by atoms with Crippen molar-refractivity contribution in [2.75, 3.05) is 54.6 Å². The number of alkyl carbamates (subject to hydrolysis) is 1. The van der Waals surface area contributed by atoms with Crippen LogP contribution < -0.4 is 16.0 Å². The van der Waals surface area contributed by atoms with Gasteiger partial charge in [0.1, 0.15) is 6.10 Å². The Balaban J connectivity index is 2.59. The van der Waals surface area contributed by atoms with Crippen LogP contribution in [0, 0.1) is 11.8 Å². The molecule has 1 heterocycles. The molecule has 0 unspecified atom stereocenters. The molecule has 0 radical (unpaired) electrons. The molecule has 1 aliphatic heterocycles. The van der Waals surface area contributed by atoms with Crippen molar-refractivity contribution < 1.29 is 43.6 Å². The fourth-order valence-corrected chi connectivity index (χ4v) is 5.37. The van der Waals surface area contributed by atoms with Crippen LogP contribution in [-0.2, 0) is 28.6 Å². The standard InChI is InChI=1S/C34H52N4O9/c1-20-16-24-29(35-12-14-38(5)6)26(40)19-25(31(24)42)37-33(43)21(2)10-9-11-27(45-7)32(47-34(44)36-13-15-39)23(4)18-22(3)30(41)28(17-20)46-8/h9-11,18-20,22,27-28,30,32,35,39,41H,12-17H2,1-8H3,(H,36,44)(H,37,43)/b11-9-,21-10+,23-18+/t20-,22+,27+,28+,30-,32+/m1/s1. The van der Waals surface area contributed by atoms with Crippen molar-refractivity contribution in [3.63, 3.8) is 0 Å². The lowest BCUT2D eigenvalue weighted by Gasteiger charge is -2.30. The highest BCUT2D eigenvalue weighted by Gasteiger charge is 2.33. The van der Waals surface area contributed by atoms with Crippen molar-refractivity contribution in [2.24, 2.45) is 11.8 Å². The summed E-state index contributed by atoms with van der Waals surface area (Å²) in [5.74, 6) is -2.12. The van der Waals surface area contributed by atoms with Gasteiger partial charge < -0.3 is 45.3 Å². The number of rotatable bonds is 9. The number of methoxy groups -OCH3 is 2. The summed E-state index contributed by atoms with van der Waals surface area (Å²) in [6, 6.07) is 0. The van der Waals surface area contributed by atoms with Gasteiger partial charge in [-0.15, -0.1) is 0 Å². The lowest BCUT2D eigenvalue weighted by atomic mass is 9.85. The number of ketones is 2. The Morgan fingerprint density at radius 2 is 1.81 bits per heavy atom. The lowest BCUT2D eigenvalue weighted by molar-refractivity contribution is -0.120. The van der Waals surface area contributed by atoms with E-state index in [0.29, 0.717) is 25.1 Å². The van der Waals surface area contributed by atoms with Crippen molar-refractivity contribution in [1.29, 1.82) is 0 Å². The molecule has 262 valence electrons. The van der Waals surface area contributed by atoms with Crippen molar-refractivity contribution in [1.82, 2.24) is 20.9 Å². The van der Waals surface area contributed by atoms with E-state index in [-0.39, 0.29) is 48.0 Å². The van der Waals surface area contributed by atoms with Crippen LogP contribution in [0.5, 0.6) is 0 Å². The smallest absolute Gasteiger partial charge is 0.407 e. The van der Waals surface area contributed by atoms with Gasteiger partial charge in [-0.1, -0.05) is 38.2 Å². The predicted octanol–water partition coefficient (Wildman–Crippen LogP) is 1.54. The quantitative estimate of drug-likeness (QED) is 0.179. The highest BCUT2D eigenvalue weighted by Crippen LogP contribution is 2.29. The van der Waals surface area contributed by atoms with E-state index < -0.39 is 53.9 Å². The fraction of sp³-hybridized carbons (Fsp3) is 0.588. The van der Waals surface area contributed by atoms with Crippen LogP contribution in [0.25, 0.3) is 0 Å². The normalized spacial score (nSPS) is 29.7. The summed E-state index contributed by atoms with van der Waals surface area (Å²) in [7, 11) is 6.74. The number of ether oxygens (including phenoxy) is 3. The molecule has 0 aromatic carbocycles. The second kappa shape index (κ2) is 19.3. The second-order valence-corrected chi connectivity index (χ2v) is 12.3. The Labute approximate surface area is 277 Å². The number of carbonyl (C=O) groups is 4. The molecule has 0 saturated heterocycles. The lowest BCUT2D eigenvalue weighted by Crippen LogP contribution is -2.39. The number of nitrogens with zero attached hydrogens (tertiary/aromatic N) is 1. The van der Waals surface area contributed by atoms with E-state index in [1.54, 1.807) is 32.1 Å². The topological polar surface area (TPSA) is 176 Å². The Hall–Kier alpha value is -3.62. The van der Waals surface area contributed by atoms with Crippen LogP contribution in [0.2, 0.25) is 0 Å². The fourth-order valence-electron chi connectivity index (χ4n) is 5.37. The van der Waals surface area contributed by atoms with Gasteiger partial charge in [-0.05, 0) is 52.3 Å². The molecule has 0 fully saturated rings. The van der Waals surface area contributed by atoms with Crippen LogP contribution in [0.1, 0.15) is 40.5 Å². The van der Waals surface area contributed by atoms with Crippen LogP contribution in [0.4, 0.5) is 4.79 Å². The number of nitrogens with one attached hydrogen (secondary N) is 3. The van der Waals surface area contributed by atoms with E-state index in [1.807, 2.05) is 32.8 Å². The Morgan fingerprint density at radius 1 is 1.11 bits per heavy atom.